The lowest BCUT2D eigenvalue weighted by molar-refractivity contribution is -0.220. The van der Waals surface area contributed by atoms with Crippen molar-refractivity contribution in [1.82, 2.24) is 0 Å². The SMILES string of the molecule is CCCCCCCCC=C[C@H]1C=CC[C@@H]1CC=C=CC(C)C(O)(O)C(=O)OCCC. The molecule has 3 atom stereocenters. The van der Waals surface area contributed by atoms with Crippen molar-refractivity contribution < 1.29 is 19.7 Å². The van der Waals surface area contributed by atoms with Gasteiger partial charge in [0.05, 0.1) is 6.61 Å². The Morgan fingerprint density at radius 2 is 1.93 bits per heavy atom. The molecule has 0 bridgehead atoms. The molecular formula is C26H42O4. The zero-order chi connectivity index (χ0) is 22.2. The molecule has 0 aromatic carbocycles. The largest absolute Gasteiger partial charge is 0.462 e. The first-order valence-electron chi connectivity index (χ1n) is 11.8. The summed E-state index contributed by atoms with van der Waals surface area (Å²) in [4.78, 5) is 11.8. The second-order valence-corrected chi connectivity index (χ2v) is 8.41. The van der Waals surface area contributed by atoms with Gasteiger partial charge in [-0.05, 0) is 56.1 Å². The average Bonchev–Trinajstić information content (AvgIpc) is 3.18. The Kier molecular flexibility index (Phi) is 13.4. The lowest BCUT2D eigenvalue weighted by Crippen LogP contribution is -2.45. The number of carbonyl (C=O) groups excluding carboxylic acids is 1. The number of esters is 1. The van der Waals surface area contributed by atoms with Gasteiger partial charge in [-0.15, -0.1) is 5.73 Å². The van der Waals surface area contributed by atoms with Crippen LogP contribution in [0.25, 0.3) is 0 Å². The van der Waals surface area contributed by atoms with E-state index in [1.807, 2.05) is 13.0 Å². The van der Waals surface area contributed by atoms with Crippen LogP contribution in [0.4, 0.5) is 0 Å². The van der Waals surface area contributed by atoms with Crippen LogP contribution < -0.4 is 0 Å². The number of carbonyl (C=O) groups is 1. The van der Waals surface area contributed by atoms with Gasteiger partial charge < -0.3 is 14.9 Å². The molecule has 0 heterocycles. The van der Waals surface area contributed by atoms with E-state index in [0.29, 0.717) is 18.3 Å². The summed E-state index contributed by atoms with van der Waals surface area (Å²) in [5.74, 6) is -3.35. The molecule has 0 saturated heterocycles. The van der Waals surface area contributed by atoms with E-state index >= 15 is 0 Å². The Labute approximate surface area is 183 Å². The minimum atomic E-state index is -2.52. The van der Waals surface area contributed by atoms with Gasteiger partial charge >= 0.3 is 5.97 Å². The topological polar surface area (TPSA) is 66.8 Å². The quantitative estimate of drug-likeness (QED) is 0.115. The minimum Gasteiger partial charge on any atom is -0.462 e. The van der Waals surface area contributed by atoms with Crippen LogP contribution in [0.5, 0.6) is 0 Å². The second kappa shape index (κ2) is 15.2. The number of hydrogen-bond donors (Lipinski definition) is 2. The van der Waals surface area contributed by atoms with Crippen LogP contribution in [0, 0.1) is 17.8 Å². The molecule has 30 heavy (non-hydrogen) atoms. The number of unbranched alkanes of at least 4 members (excludes halogenated alkanes) is 6. The molecule has 4 heteroatoms. The number of ether oxygens (including phenoxy) is 1. The van der Waals surface area contributed by atoms with Crippen molar-refractivity contribution in [3.8, 4) is 0 Å². The first-order valence-corrected chi connectivity index (χ1v) is 11.8. The van der Waals surface area contributed by atoms with Crippen LogP contribution in [0.15, 0.2) is 42.2 Å². The maximum Gasteiger partial charge on any atom is 0.367 e. The van der Waals surface area contributed by atoms with Crippen molar-refractivity contribution in [2.24, 2.45) is 17.8 Å². The molecule has 2 N–H and O–H groups in total. The summed E-state index contributed by atoms with van der Waals surface area (Å²) in [5.41, 5.74) is 3.02. The standard InChI is InChI=1S/C26H42O4/c1-4-6-7-8-9-10-11-12-17-23-19-15-20-24(23)18-14-13-16-22(3)26(28,29)25(27)30-21-5-2/h12,14-17,19,22-24,28-29H,4-11,18,20-21H2,1-3H3/t13?,22?,23-,24-/m0/s1. The molecule has 0 radical (unpaired) electrons. The van der Waals surface area contributed by atoms with Crippen molar-refractivity contribution in [1.29, 1.82) is 0 Å². The van der Waals surface area contributed by atoms with Crippen LogP contribution in [-0.2, 0) is 9.53 Å². The van der Waals surface area contributed by atoms with Crippen molar-refractivity contribution in [3.05, 3.63) is 42.2 Å². The van der Waals surface area contributed by atoms with E-state index in [4.69, 9.17) is 4.74 Å². The maximum atomic E-state index is 11.8. The van der Waals surface area contributed by atoms with Crippen molar-refractivity contribution in [2.45, 2.75) is 90.8 Å². The Balaban J connectivity index is 2.40. The van der Waals surface area contributed by atoms with Gasteiger partial charge in [0.15, 0.2) is 0 Å². The predicted octanol–water partition coefficient (Wildman–Crippen LogP) is 5.86. The molecule has 0 fully saturated rings. The molecular weight excluding hydrogens is 376 g/mol. The summed E-state index contributed by atoms with van der Waals surface area (Å²) in [7, 11) is 0. The molecule has 0 aliphatic heterocycles. The number of allylic oxidation sites excluding steroid dienone is 4. The molecule has 0 aromatic heterocycles. The van der Waals surface area contributed by atoms with Gasteiger partial charge in [0.2, 0.25) is 0 Å². The lowest BCUT2D eigenvalue weighted by Gasteiger charge is -2.23. The van der Waals surface area contributed by atoms with E-state index in [0.717, 1.165) is 19.3 Å². The van der Waals surface area contributed by atoms with E-state index in [1.54, 1.807) is 6.92 Å². The normalized spacial score (nSPS) is 19.6. The van der Waals surface area contributed by atoms with E-state index < -0.39 is 17.7 Å². The average molecular weight is 419 g/mol. The van der Waals surface area contributed by atoms with Crippen molar-refractivity contribution in [3.63, 3.8) is 0 Å². The summed E-state index contributed by atoms with van der Waals surface area (Å²) >= 11 is 0. The Hall–Kier alpha value is -1.61. The second-order valence-electron chi connectivity index (χ2n) is 8.41. The molecule has 4 nitrogen and oxygen atoms in total. The zero-order valence-electron chi connectivity index (χ0n) is 19.2. The highest BCUT2D eigenvalue weighted by atomic mass is 16.6. The minimum absolute atomic E-state index is 0.177. The number of rotatable bonds is 15. The molecule has 0 saturated carbocycles. The monoisotopic (exact) mass is 418 g/mol. The summed E-state index contributed by atoms with van der Waals surface area (Å²) in [6.45, 7) is 5.84. The first kappa shape index (κ1) is 26.4. The van der Waals surface area contributed by atoms with E-state index in [2.05, 4.69) is 37.0 Å². The summed E-state index contributed by atoms with van der Waals surface area (Å²) in [6.07, 6.45) is 24.3. The Bertz CT molecular complexity index is 596. The van der Waals surface area contributed by atoms with Gasteiger partial charge in [0.1, 0.15) is 0 Å². The zero-order valence-corrected chi connectivity index (χ0v) is 19.2. The van der Waals surface area contributed by atoms with Crippen LogP contribution in [0.1, 0.15) is 85.0 Å². The summed E-state index contributed by atoms with van der Waals surface area (Å²) < 4.78 is 4.85. The van der Waals surface area contributed by atoms with Crippen molar-refractivity contribution >= 4 is 5.97 Å². The van der Waals surface area contributed by atoms with Crippen molar-refractivity contribution in [2.75, 3.05) is 6.61 Å². The third-order valence-electron chi connectivity index (χ3n) is 5.68. The van der Waals surface area contributed by atoms with Gasteiger partial charge in [-0.25, -0.2) is 4.79 Å². The number of hydrogen-bond acceptors (Lipinski definition) is 4. The van der Waals surface area contributed by atoms with Gasteiger partial charge in [-0.1, -0.05) is 77.2 Å². The van der Waals surface area contributed by atoms with Gasteiger partial charge in [0.25, 0.3) is 5.79 Å². The van der Waals surface area contributed by atoms with Gasteiger partial charge in [0, 0.05) is 5.92 Å². The van der Waals surface area contributed by atoms with E-state index in [9.17, 15) is 15.0 Å². The molecule has 0 amide bonds. The molecule has 170 valence electrons. The number of aliphatic hydroxyl groups is 2. The van der Waals surface area contributed by atoms with Crippen LogP contribution >= 0.6 is 0 Å². The van der Waals surface area contributed by atoms with Gasteiger partial charge in [-0.3, -0.25) is 0 Å². The fourth-order valence-electron chi connectivity index (χ4n) is 3.53. The van der Waals surface area contributed by atoms with E-state index in [-0.39, 0.29) is 6.61 Å². The predicted molar refractivity (Wildman–Crippen MR) is 123 cm³/mol. The summed E-state index contributed by atoms with van der Waals surface area (Å²) in [6, 6.07) is 0. The molecule has 1 aliphatic rings. The third kappa shape index (κ3) is 9.93. The first-order chi connectivity index (χ1) is 14.4. The summed E-state index contributed by atoms with van der Waals surface area (Å²) in [5, 5.41) is 20.0. The Morgan fingerprint density at radius 3 is 2.67 bits per heavy atom. The van der Waals surface area contributed by atoms with Gasteiger partial charge in [-0.2, -0.15) is 0 Å². The highest BCUT2D eigenvalue weighted by Crippen LogP contribution is 2.30. The molecule has 0 spiro atoms. The molecule has 1 aliphatic carbocycles. The maximum absolute atomic E-state index is 11.8. The fourth-order valence-corrected chi connectivity index (χ4v) is 3.53. The molecule has 0 aromatic rings. The van der Waals surface area contributed by atoms with Crippen LogP contribution in [0.2, 0.25) is 0 Å². The molecule has 1 rings (SSSR count). The van der Waals surface area contributed by atoms with Crippen LogP contribution in [-0.4, -0.2) is 28.6 Å². The Morgan fingerprint density at radius 1 is 1.20 bits per heavy atom. The highest BCUT2D eigenvalue weighted by Gasteiger charge is 2.40. The van der Waals surface area contributed by atoms with Crippen LogP contribution in [0.3, 0.4) is 0 Å². The van der Waals surface area contributed by atoms with E-state index in [1.165, 1.54) is 44.6 Å². The fraction of sp³-hybridized carbons (Fsp3) is 0.692. The third-order valence-corrected chi connectivity index (χ3v) is 5.68. The smallest absolute Gasteiger partial charge is 0.367 e. The molecule has 1 unspecified atom stereocenters. The lowest BCUT2D eigenvalue weighted by atomic mass is 9.91. The highest BCUT2D eigenvalue weighted by molar-refractivity contribution is 5.77.